The summed E-state index contributed by atoms with van der Waals surface area (Å²) in [5, 5.41) is 28.5. The number of hydrogen-bond donors (Lipinski definition) is 4. The molecule has 268 valence electrons. The van der Waals surface area contributed by atoms with Gasteiger partial charge in [-0.1, -0.05) is 66.7 Å². The maximum Gasteiger partial charge on any atom is 0.407 e. The van der Waals surface area contributed by atoms with Crippen molar-refractivity contribution in [2.45, 2.75) is 76.3 Å². The first kappa shape index (κ1) is 36.8. The summed E-state index contributed by atoms with van der Waals surface area (Å²) < 4.78 is 16.6. The van der Waals surface area contributed by atoms with E-state index >= 15 is 0 Å². The van der Waals surface area contributed by atoms with E-state index in [0.29, 0.717) is 51.3 Å². The molecule has 5 rings (SSSR count). The van der Waals surface area contributed by atoms with Crippen molar-refractivity contribution in [1.82, 2.24) is 15.5 Å². The van der Waals surface area contributed by atoms with Crippen LogP contribution in [0.1, 0.15) is 55.5 Å². The fourth-order valence-corrected chi connectivity index (χ4v) is 6.43. The largest absolute Gasteiger partial charge is 0.492 e. The van der Waals surface area contributed by atoms with Gasteiger partial charge in [-0.05, 0) is 74.4 Å². The van der Waals surface area contributed by atoms with Crippen molar-refractivity contribution in [1.29, 1.82) is 0 Å². The molecule has 4 N–H and O–H groups in total. The Labute approximate surface area is 293 Å². The third kappa shape index (κ3) is 10.5. The Kier molecular flexibility index (Phi) is 12.5. The van der Waals surface area contributed by atoms with Gasteiger partial charge in [0.15, 0.2) is 0 Å². The Balaban J connectivity index is 1.31. The van der Waals surface area contributed by atoms with E-state index in [4.69, 9.17) is 14.2 Å². The van der Waals surface area contributed by atoms with Crippen molar-refractivity contribution in [2.75, 3.05) is 32.9 Å². The van der Waals surface area contributed by atoms with Crippen molar-refractivity contribution >= 4 is 17.9 Å². The molecule has 50 heavy (non-hydrogen) atoms. The summed E-state index contributed by atoms with van der Waals surface area (Å²) in [5.41, 5.74) is 2.89. The van der Waals surface area contributed by atoms with Crippen LogP contribution in [0.4, 0.5) is 4.79 Å². The maximum absolute atomic E-state index is 14.1. The number of hydrogen-bond acceptors (Lipinski definition) is 8. The van der Waals surface area contributed by atoms with E-state index in [-0.39, 0.29) is 24.8 Å². The molecule has 11 heteroatoms. The summed E-state index contributed by atoms with van der Waals surface area (Å²) in [6.45, 7) is 7.25. The number of aliphatic hydroxyl groups is 2. The van der Waals surface area contributed by atoms with E-state index in [9.17, 15) is 24.6 Å². The Morgan fingerprint density at radius 3 is 2.40 bits per heavy atom. The fraction of sp³-hybridized carbons (Fsp3) is 0.462. The first-order chi connectivity index (χ1) is 23.9. The number of carbonyl (C=O) groups excluding carboxylic acids is 3. The number of fused-ring (bicyclic) bond motifs is 1. The predicted octanol–water partition coefficient (Wildman–Crippen LogP) is 3.74. The number of benzene rings is 3. The van der Waals surface area contributed by atoms with Gasteiger partial charge in [-0.15, -0.1) is 0 Å². The number of rotatable bonds is 14. The zero-order valence-corrected chi connectivity index (χ0v) is 29.0. The summed E-state index contributed by atoms with van der Waals surface area (Å²) in [6.07, 6.45) is -1.44. The summed E-state index contributed by atoms with van der Waals surface area (Å²) >= 11 is 0. The monoisotopic (exact) mass is 687 g/mol. The number of morpholine rings is 1. The van der Waals surface area contributed by atoms with Crippen LogP contribution in [-0.2, 0) is 38.3 Å². The van der Waals surface area contributed by atoms with E-state index in [1.54, 1.807) is 25.7 Å². The van der Waals surface area contributed by atoms with Crippen LogP contribution in [0, 0.1) is 5.92 Å². The summed E-state index contributed by atoms with van der Waals surface area (Å²) in [4.78, 5) is 40.7. The van der Waals surface area contributed by atoms with Crippen LogP contribution in [0.3, 0.4) is 0 Å². The lowest BCUT2D eigenvalue weighted by Crippen LogP contribution is -2.48. The van der Waals surface area contributed by atoms with E-state index in [0.717, 1.165) is 22.3 Å². The van der Waals surface area contributed by atoms with Gasteiger partial charge in [0, 0.05) is 18.9 Å². The van der Waals surface area contributed by atoms with Gasteiger partial charge < -0.3 is 40.0 Å². The lowest BCUT2D eigenvalue weighted by atomic mass is 9.88. The topological polar surface area (TPSA) is 147 Å². The van der Waals surface area contributed by atoms with Gasteiger partial charge in [-0.3, -0.25) is 9.59 Å². The highest BCUT2D eigenvalue weighted by Gasteiger charge is 2.35. The van der Waals surface area contributed by atoms with Crippen LogP contribution in [0.5, 0.6) is 5.75 Å². The average Bonchev–Trinajstić information content (AvgIpc) is 3.39. The standard InChI is InChI=1S/C39H49N3O8/c1-39(2,3)50-38(47)40-32(22-26-9-5-4-6-10-26)33(43)24-29(37(46)41-36-31-12-8-7-11-28(31)23-34(36)44)21-27-13-15-30(16-14-27)49-20-18-42-17-19-48-25-35(42)45/h4-16,29,32-34,36,43-44H,17-25H2,1-3H3,(H,40,47)(H,41,46)/t29-,32+,33+,34-,36+/m1/s1. The van der Waals surface area contributed by atoms with Gasteiger partial charge >= 0.3 is 6.09 Å². The van der Waals surface area contributed by atoms with Crippen LogP contribution in [-0.4, -0.2) is 89.8 Å². The Hall–Kier alpha value is -4.45. The SMILES string of the molecule is CC(C)(C)OC(=O)N[C@@H](Cc1ccccc1)[C@@H](O)C[C@@H](Cc1ccc(OCCN2CCOCC2=O)cc1)C(=O)N[C@H]1c2ccccc2C[C@H]1O. The van der Waals surface area contributed by atoms with Crippen LogP contribution >= 0.6 is 0 Å². The number of carbonyl (C=O) groups is 3. The van der Waals surface area contributed by atoms with Crippen molar-refractivity contribution in [3.05, 3.63) is 101 Å². The van der Waals surface area contributed by atoms with Gasteiger partial charge in [0.1, 0.15) is 24.6 Å². The zero-order valence-electron chi connectivity index (χ0n) is 29.0. The Bertz CT molecular complexity index is 1580. The smallest absolute Gasteiger partial charge is 0.407 e. The molecular weight excluding hydrogens is 638 g/mol. The molecule has 0 spiro atoms. The highest BCUT2D eigenvalue weighted by atomic mass is 16.6. The molecule has 0 aromatic heterocycles. The number of amides is 3. The van der Waals surface area contributed by atoms with Gasteiger partial charge in [0.25, 0.3) is 0 Å². The molecule has 3 aromatic rings. The molecule has 1 fully saturated rings. The van der Waals surface area contributed by atoms with Crippen LogP contribution < -0.4 is 15.4 Å². The highest BCUT2D eigenvalue weighted by molar-refractivity contribution is 5.80. The molecule has 11 nitrogen and oxygen atoms in total. The van der Waals surface area contributed by atoms with Crippen molar-refractivity contribution in [3.8, 4) is 5.75 Å². The quantitative estimate of drug-likeness (QED) is 0.201. The first-order valence-corrected chi connectivity index (χ1v) is 17.3. The molecule has 2 aliphatic rings. The molecule has 0 bridgehead atoms. The number of alkyl carbamates (subject to hydrolysis) is 1. The van der Waals surface area contributed by atoms with Crippen LogP contribution in [0.25, 0.3) is 0 Å². The molecule has 1 heterocycles. The molecule has 0 radical (unpaired) electrons. The van der Waals surface area contributed by atoms with Crippen molar-refractivity contribution < 1.29 is 38.8 Å². The molecule has 0 unspecified atom stereocenters. The van der Waals surface area contributed by atoms with Crippen LogP contribution in [0.15, 0.2) is 78.9 Å². The van der Waals surface area contributed by atoms with Gasteiger partial charge in [-0.2, -0.15) is 0 Å². The van der Waals surface area contributed by atoms with Crippen molar-refractivity contribution in [3.63, 3.8) is 0 Å². The summed E-state index contributed by atoms with van der Waals surface area (Å²) in [7, 11) is 0. The number of nitrogens with one attached hydrogen (secondary N) is 2. The van der Waals surface area contributed by atoms with Gasteiger partial charge in [0.2, 0.25) is 11.8 Å². The van der Waals surface area contributed by atoms with E-state index in [2.05, 4.69) is 10.6 Å². The third-order valence-electron chi connectivity index (χ3n) is 8.98. The van der Waals surface area contributed by atoms with Crippen molar-refractivity contribution in [2.24, 2.45) is 5.92 Å². The summed E-state index contributed by atoms with van der Waals surface area (Å²) in [5.74, 6) is -0.438. The second-order valence-corrected chi connectivity index (χ2v) is 14.0. The molecule has 1 aliphatic heterocycles. The minimum Gasteiger partial charge on any atom is -0.492 e. The zero-order chi connectivity index (χ0) is 35.7. The molecule has 3 amide bonds. The third-order valence-corrected chi connectivity index (χ3v) is 8.98. The fourth-order valence-electron chi connectivity index (χ4n) is 6.43. The Morgan fingerprint density at radius 1 is 0.980 bits per heavy atom. The minimum atomic E-state index is -1.11. The van der Waals surface area contributed by atoms with Gasteiger partial charge in [-0.25, -0.2) is 4.79 Å². The number of ether oxygens (including phenoxy) is 3. The number of nitrogens with zero attached hydrogens (tertiary/aromatic N) is 1. The second kappa shape index (κ2) is 17.0. The maximum atomic E-state index is 14.1. The summed E-state index contributed by atoms with van der Waals surface area (Å²) in [6, 6.07) is 23.3. The number of aliphatic hydroxyl groups excluding tert-OH is 2. The first-order valence-electron chi connectivity index (χ1n) is 17.3. The van der Waals surface area contributed by atoms with Crippen LogP contribution in [0.2, 0.25) is 0 Å². The van der Waals surface area contributed by atoms with E-state index in [1.165, 1.54) is 0 Å². The van der Waals surface area contributed by atoms with Gasteiger partial charge in [0.05, 0.1) is 37.4 Å². The molecule has 1 aliphatic carbocycles. The Morgan fingerprint density at radius 2 is 1.68 bits per heavy atom. The molecular formula is C39H49N3O8. The molecule has 1 saturated heterocycles. The average molecular weight is 688 g/mol. The molecule has 3 aromatic carbocycles. The highest BCUT2D eigenvalue weighted by Crippen LogP contribution is 2.32. The van der Waals surface area contributed by atoms with E-state index in [1.807, 2.05) is 78.9 Å². The second-order valence-electron chi connectivity index (χ2n) is 14.0. The lowest BCUT2D eigenvalue weighted by Gasteiger charge is -2.30. The minimum absolute atomic E-state index is 0.0371. The van der Waals surface area contributed by atoms with E-state index < -0.39 is 41.9 Å². The molecule has 0 saturated carbocycles. The normalized spacial score (nSPS) is 19.2. The molecule has 5 atom stereocenters. The predicted molar refractivity (Wildman–Crippen MR) is 187 cm³/mol. The lowest BCUT2D eigenvalue weighted by molar-refractivity contribution is -0.143.